The molecule has 0 spiro atoms. The van der Waals surface area contributed by atoms with Crippen LogP contribution in [0, 0.1) is 5.92 Å². The second-order valence-corrected chi connectivity index (χ2v) is 13.5. The summed E-state index contributed by atoms with van der Waals surface area (Å²) in [7, 11) is 0. The molecule has 266 valence electrons. The van der Waals surface area contributed by atoms with Crippen molar-refractivity contribution in [1.29, 1.82) is 0 Å². The maximum atomic E-state index is 14.2. The van der Waals surface area contributed by atoms with Gasteiger partial charge in [0, 0.05) is 25.2 Å². The van der Waals surface area contributed by atoms with Gasteiger partial charge in [-0.15, -0.1) is 0 Å². The van der Waals surface area contributed by atoms with Crippen LogP contribution < -0.4 is 21.3 Å². The fourth-order valence-corrected chi connectivity index (χ4v) is 6.21. The maximum absolute atomic E-state index is 14.2. The second kappa shape index (κ2) is 15.1. The molecule has 2 aliphatic rings. The molecule has 15 nitrogen and oxygen atoms in total. The van der Waals surface area contributed by atoms with Crippen LogP contribution in [0.25, 0.3) is 0 Å². The molecule has 1 fully saturated rings. The number of halogens is 1. The lowest BCUT2D eigenvalue weighted by atomic mass is 10.0. The van der Waals surface area contributed by atoms with E-state index in [0.29, 0.717) is 11.4 Å². The van der Waals surface area contributed by atoms with Crippen molar-refractivity contribution in [3.05, 3.63) is 101 Å². The molecule has 0 unspecified atom stereocenters. The number of nitrogens with zero attached hydrogens (tertiary/aromatic N) is 4. The third kappa shape index (κ3) is 8.26. The quantitative estimate of drug-likeness (QED) is 0.230. The molecule has 3 aromatic heterocycles. The van der Waals surface area contributed by atoms with Crippen LogP contribution in [0.5, 0.6) is 0 Å². The molecule has 1 saturated heterocycles. The first-order chi connectivity index (χ1) is 24.4. The van der Waals surface area contributed by atoms with Crippen molar-refractivity contribution in [2.24, 2.45) is 5.92 Å². The summed E-state index contributed by atoms with van der Waals surface area (Å²) in [5.74, 6) is -2.65. The summed E-state index contributed by atoms with van der Waals surface area (Å²) in [5, 5.41) is 11.7. The summed E-state index contributed by atoms with van der Waals surface area (Å²) in [4.78, 5) is 82.2. The number of rotatable bonds is 6. The lowest BCUT2D eigenvalue weighted by Crippen LogP contribution is -2.48. The summed E-state index contributed by atoms with van der Waals surface area (Å²) < 4.78 is 11.4. The van der Waals surface area contributed by atoms with Crippen LogP contribution in [0.2, 0.25) is 5.02 Å². The minimum Gasteiger partial charge on any atom is -0.446 e. The monoisotopic (exact) mass is 716 g/mol. The molecule has 0 radical (unpaired) electrons. The van der Waals surface area contributed by atoms with E-state index in [0.717, 1.165) is 11.8 Å². The highest BCUT2D eigenvalue weighted by molar-refractivity contribution is 6.30. The molecule has 5 amide bonds. The van der Waals surface area contributed by atoms with E-state index in [-0.39, 0.29) is 54.2 Å². The Labute approximate surface area is 297 Å². The number of nitrogens with one attached hydrogen (secondary N) is 4. The van der Waals surface area contributed by atoms with Gasteiger partial charge >= 0.3 is 0 Å². The van der Waals surface area contributed by atoms with Gasteiger partial charge in [0.15, 0.2) is 11.4 Å². The van der Waals surface area contributed by atoms with Gasteiger partial charge in [0.2, 0.25) is 23.6 Å². The zero-order valence-corrected chi connectivity index (χ0v) is 28.8. The Kier molecular flexibility index (Phi) is 10.5. The number of benzene rings is 1. The highest BCUT2D eigenvalue weighted by Crippen LogP contribution is 2.26. The number of fused-ring (bicyclic) bond motifs is 5. The van der Waals surface area contributed by atoms with E-state index in [1.54, 1.807) is 6.92 Å². The SMILES string of the molecule is CC(C)C[C@H]1NC(=O)c2coc(n2)[C@H](Cc2ccccc2)NC(=O)[C@@H]2C[C@H](NC(=O)c3ccc(Cl)cn3)CN2C(=O)c2coc(n2)[C@@H](C)NC1=O. The average molecular weight is 717 g/mol. The van der Waals surface area contributed by atoms with E-state index < -0.39 is 59.7 Å². The zero-order chi connectivity index (χ0) is 36.2. The van der Waals surface area contributed by atoms with E-state index in [4.69, 9.17) is 20.4 Å². The van der Waals surface area contributed by atoms with Crippen LogP contribution in [0.15, 0.2) is 70.0 Å². The van der Waals surface area contributed by atoms with Gasteiger partial charge in [-0.25, -0.2) is 15.0 Å². The predicted molar refractivity (Wildman–Crippen MR) is 181 cm³/mol. The van der Waals surface area contributed by atoms with Crippen LogP contribution in [0.4, 0.5) is 0 Å². The first kappa shape index (κ1) is 35.3. The van der Waals surface area contributed by atoms with Crippen molar-refractivity contribution in [1.82, 2.24) is 41.1 Å². The predicted octanol–water partition coefficient (Wildman–Crippen LogP) is 3.16. The summed E-state index contributed by atoms with van der Waals surface area (Å²) in [6.07, 6.45) is 4.29. The molecule has 51 heavy (non-hydrogen) atoms. The summed E-state index contributed by atoms with van der Waals surface area (Å²) in [6, 6.07) is 8.01. The molecular weight excluding hydrogens is 680 g/mol. The topological polar surface area (TPSA) is 202 Å². The number of amides is 5. The van der Waals surface area contributed by atoms with Crippen LogP contribution in [0.3, 0.4) is 0 Å². The number of carbonyl (C=O) groups excluding carboxylic acids is 5. The summed E-state index contributed by atoms with van der Waals surface area (Å²) in [5.41, 5.74) is 0.775. The molecule has 4 N–H and O–H groups in total. The van der Waals surface area contributed by atoms with E-state index in [9.17, 15) is 24.0 Å². The molecule has 4 aromatic rings. The van der Waals surface area contributed by atoms with Crippen LogP contribution in [0.1, 0.15) is 94.5 Å². The third-order valence-electron chi connectivity index (χ3n) is 8.61. The minimum atomic E-state index is -1.06. The fraction of sp³-hybridized carbons (Fsp3) is 0.371. The standard InChI is InChI=1S/C35H37ClN8O7/c1-18(2)11-24-30(46)38-19(3)33-43-27(17-50-33)35(49)44-15-22(39-29(45)23-10-9-21(36)14-37-23)13-28(44)32(48)41-25(12-20-7-5-4-6-8-20)34-42-26(16-51-34)31(47)40-24/h4-10,14,16-19,22,24-25,28H,11-13,15H2,1-3H3,(H,38,46)(H,39,45)(H,40,47)(H,41,48)/t19-,22+,24-,25+,28+/m1/s1. The van der Waals surface area contributed by atoms with Gasteiger partial charge in [0.1, 0.15) is 42.4 Å². The number of hydrogen-bond acceptors (Lipinski definition) is 10. The van der Waals surface area contributed by atoms with Crippen molar-refractivity contribution in [3.63, 3.8) is 0 Å². The molecule has 0 aliphatic carbocycles. The Hall–Kier alpha value is -5.57. The highest BCUT2D eigenvalue weighted by Gasteiger charge is 2.43. The molecule has 5 atom stereocenters. The normalized spacial score (nSPS) is 22.8. The fourth-order valence-electron chi connectivity index (χ4n) is 6.10. The van der Waals surface area contributed by atoms with E-state index in [2.05, 4.69) is 36.2 Å². The Morgan fingerprint density at radius 2 is 1.67 bits per heavy atom. The highest BCUT2D eigenvalue weighted by atomic mass is 35.5. The molecule has 6 rings (SSSR count). The number of carbonyl (C=O) groups is 5. The van der Waals surface area contributed by atoms with E-state index in [1.807, 2.05) is 44.2 Å². The second-order valence-electron chi connectivity index (χ2n) is 13.0. The van der Waals surface area contributed by atoms with Gasteiger partial charge in [-0.1, -0.05) is 55.8 Å². The Morgan fingerprint density at radius 1 is 0.941 bits per heavy atom. The van der Waals surface area contributed by atoms with Crippen molar-refractivity contribution >= 4 is 41.1 Å². The zero-order valence-electron chi connectivity index (χ0n) is 28.1. The van der Waals surface area contributed by atoms with Crippen LogP contribution in [-0.2, 0) is 16.0 Å². The molecule has 1 aromatic carbocycles. The maximum Gasteiger partial charge on any atom is 0.276 e. The van der Waals surface area contributed by atoms with Gasteiger partial charge in [-0.2, -0.15) is 0 Å². The summed E-state index contributed by atoms with van der Waals surface area (Å²) in [6.45, 7) is 5.43. The van der Waals surface area contributed by atoms with Crippen molar-refractivity contribution in [3.8, 4) is 0 Å². The van der Waals surface area contributed by atoms with Crippen molar-refractivity contribution < 1.29 is 32.8 Å². The molecule has 5 heterocycles. The molecule has 4 bridgehead atoms. The number of pyridine rings is 1. The van der Waals surface area contributed by atoms with E-state index in [1.165, 1.54) is 29.5 Å². The average Bonchev–Trinajstić information content (AvgIpc) is 3.88. The van der Waals surface area contributed by atoms with Gasteiger partial charge in [-0.3, -0.25) is 24.0 Å². The lowest BCUT2D eigenvalue weighted by molar-refractivity contribution is -0.126. The third-order valence-corrected chi connectivity index (χ3v) is 8.83. The smallest absolute Gasteiger partial charge is 0.276 e. The molecule has 0 saturated carbocycles. The number of aromatic nitrogens is 3. The first-order valence-electron chi connectivity index (χ1n) is 16.5. The van der Waals surface area contributed by atoms with Crippen molar-refractivity contribution in [2.45, 2.75) is 70.2 Å². The van der Waals surface area contributed by atoms with Gasteiger partial charge in [0.05, 0.1) is 5.02 Å². The van der Waals surface area contributed by atoms with E-state index >= 15 is 0 Å². The van der Waals surface area contributed by atoms with Gasteiger partial charge in [0.25, 0.3) is 17.7 Å². The van der Waals surface area contributed by atoms with Crippen molar-refractivity contribution in [2.75, 3.05) is 6.54 Å². The Balaban J connectivity index is 1.35. The minimum absolute atomic E-state index is 0.0334. The number of oxazole rings is 2. The van der Waals surface area contributed by atoms with Gasteiger partial charge in [-0.05, 0) is 43.4 Å². The summed E-state index contributed by atoms with van der Waals surface area (Å²) >= 11 is 5.93. The Morgan fingerprint density at radius 3 is 2.39 bits per heavy atom. The van der Waals surface area contributed by atoms with Crippen LogP contribution in [-0.4, -0.2) is 74.1 Å². The molecular formula is C35H37ClN8O7. The van der Waals surface area contributed by atoms with Crippen LogP contribution >= 0.6 is 11.6 Å². The lowest BCUT2D eigenvalue weighted by Gasteiger charge is -2.25. The molecule has 16 heteroatoms. The number of hydrogen-bond donors (Lipinski definition) is 4. The largest absolute Gasteiger partial charge is 0.446 e. The van der Waals surface area contributed by atoms with Gasteiger partial charge < -0.3 is 35.0 Å². The first-order valence-corrected chi connectivity index (χ1v) is 16.9. The molecule has 2 aliphatic heterocycles. The Bertz CT molecular complexity index is 1910.